The normalized spacial score (nSPS) is 10.1. The first-order valence-electron chi connectivity index (χ1n) is 4.01. The number of rotatable bonds is 2. The largest absolute Gasteiger partial charge is 0.477 e. The molecule has 0 aromatic carbocycles. The number of aromatic amines is 2. The van der Waals surface area contributed by atoms with Crippen molar-refractivity contribution in [2.75, 3.05) is 0 Å². The Labute approximate surface area is 82.8 Å². The molecule has 2 aromatic rings. The zero-order chi connectivity index (χ0) is 10.8. The van der Waals surface area contributed by atoms with Gasteiger partial charge in [-0.1, -0.05) is 0 Å². The molecule has 0 aliphatic carbocycles. The first-order chi connectivity index (χ1) is 7.20. The van der Waals surface area contributed by atoms with Crippen LogP contribution in [0.25, 0.3) is 11.4 Å². The van der Waals surface area contributed by atoms with Crippen LogP contribution in [0.3, 0.4) is 0 Å². The number of hydrogen-bond donors (Lipinski definition) is 3. The highest BCUT2D eigenvalue weighted by atomic mass is 16.4. The average molecular weight is 206 g/mol. The summed E-state index contributed by atoms with van der Waals surface area (Å²) in [6, 6.07) is 1.53. The number of carbonyl (C=O) groups is 1. The Morgan fingerprint density at radius 1 is 1.47 bits per heavy atom. The van der Waals surface area contributed by atoms with Crippen molar-refractivity contribution < 1.29 is 9.90 Å². The van der Waals surface area contributed by atoms with Gasteiger partial charge in [0.25, 0.3) is 0 Å². The Morgan fingerprint density at radius 2 is 2.27 bits per heavy atom. The number of carboxylic acids is 1. The minimum absolute atomic E-state index is 0.00685. The number of aromatic carboxylic acids is 1. The first kappa shape index (κ1) is 9.13. The van der Waals surface area contributed by atoms with Crippen molar-refractivity contribution >= 4 is 5.97 Å². The molecule has 0 amide bonds. The van der Waals surface area contributed by atoms with E-state index in [4.69, 9.17) is 5.11 Å². The molecule has 76 valence electrons. The van der Waals surface area contributed by atoms with Crippen LogP contribution in [0.5, 0.6) is 0 Å². The predicted octanol–water partition coefficient (Wildman–Crippen LogP) is -0.142. The quantitative estimate of drug-likeness (QED) is 0.633. The molecule has 0 aliphatic heterocycles. The summed E-state index contributed by atoms with van der Waals surface area (Å²) < 4.78 is 0. The monoisotopic (exact) mass is 206 g/mol. The van der Waals surface area contributed by atoms with E-state index in [1.807, 2.05) is 0 Å². The summed E-state index contributed by atoms with van der Waals surface area (Å²) in [4.78, 5) is 22.3. The molecule has 0 aliphatic rings. The van der Waals surface area contributed by atoms with E-state index in [9.17, 15) is 9.59 Å². The second-order valence-corrected chi connectivity index (χ2v) is 2.75. The maximum atomic E-state index is 11.6. The molecule has 2 rings (SSSR count). The maximum absolute atomic E-state index is 11.6. The highest BCUT2D eigenvalue weighted by Crippen LogP contribution is 2.07. The molecular weight excluding hydrogens is 200 g/mol. The van der Waals surface area contributed by atoms with E-state index in [-0.39, 0.29) is 11.3 Å². The molecule has 7 nitrogen and oxygen atoms in total. The third-order valence-corrected chi connectivity index (χ3v) is 1.83. The fraction of sp³-hybridized carbons (Fsp3) is 0. The van der Waals surface area contributed by atoms with Gasteiger partial charge in [-0.25, -0.2) is 4.79 Å². The molecule has 15 heavy (non-hydrogen) atoms. The average Bonchev–Trinajstić information content (AvgIpc) is 2.70. The summed E-state index contributed by atoms with van der Waals surface area (Å²) in [5.74, 6) is -1.29. The lowest BCUT2D eigenvalue weighted by Crippen LogP contribution is -2.18. The van der Waals surface area contributed by atoms with E-state index in [2.05, 4.69) is 20.4 Å². The van der Waals surface area contributed by atoms with Crippen molar-refractivity contribution in [1.82, 2.24) is 20.4 Å². The number of carboxylic acid groups (broad SMARTS) is 1. The molecule has 2 heterocycles. The van der Waals surface area contributed by atoms with Gasteiger partial charge in [0, 0.05) is 12.4 Å². The summed E-state index contributed by atoms with van der Waals surface area (Å²) in [5.41, 5.74) is -0.619. The zero-order valence-corrected chi connectivity index (χ0v) is 7.39. The number of H-pyrrole nitrogens is 2. The molecule has 3 N–H and O–H groups in total. The highest BCUT2D eigenvalue weighted by Gasteiger charge is 2.14. The van der Waals surface area contributed by atoms with Crippen LogP contribution in [-0.4, -0.2) is 31.5 Å². The first-order valence-corrected chi connectivity index (χ1v) is 4.01. The van der Waals surface area contributed by atoms with Crippen molar-refractivity contribution in [3.8, 4) is 11.4 Å². The summed E-state index contributed by atoms with van der Waals surface area (Å²) in [6.07, 6.45) is 2.49. The Hall–Kier alpha value is -2.44. The van der Waals surface area contributed by atoms with Crippen LogP contribution in [0.15, 0.2) is 23.3 Å². The van der Waals surface area contributed by atoms with E-state index in [1.165, 1.54) is 12.3 Å². The molecule has 0 fully saturated rings. The SMILES string of the molecule is O=C(O)c1c[nH]nc(-c2ccn[nH]2)c1=O. The van der Waals surface area contributed by atoms with E-state index in [0.717, 1.165) is 6.20 Å². The van der Waals surface area contributed by atoms with Gasteiger partial charge >= 0.3 is 5.97 Å². The molecule has 0 atom stereocenters. The lowest BCUT2D eigenvalue weighted by Gasteiger charge is -1.96. The van der Waals surface area contributed by atoms with E-state index >= 15 is 0 Å². The van der Waals surface area contributed by atoms with Crippen LogP contribution in [-0.2, 0) is 0 Å². The Balaban J connectivity index is 2.65. The molecule has 0 saturated carbocycles. The number of aromatic nitrogens is 4. The number of nitrogens with one attached hydrogen (secondary N) is 2. The number of hydrogen-bond acceptors (Lipinski definition) is 4. The van der Waals surface area contributed by atoms with Gasteiger partial charge in [0.1, 0.15) is 5.56 Å². The minimum Gasteiger partial charge on any atom is -0.477 e. The Morgan fingerprint density at radius 3 is 2.87 bits per heavy atom. The van der Waals surface area contributed by atoms with Crippen LogP contribution in [0.1, 0.15) is 10.4 Å². The summed E-state index contributed by atoms with van der Waals surface area (Å²) in [7, 11) is 0. The minimum atomic E-state index is -1.29. The Bertz CT molecular complexity index is 543. The van der Waals surface area contributed by atoms with Crippen LogP contribution >= 0.6 is 0 Å². The van der Waals surface area contributed by atoms with Gasteiger partial charge in [0.2, 0.25) is 5.43 Å². The summed E-state index contributed by atoms with van der Waals surface area (Å²) >= 11 is 0. The topological polar surface area (TPSA) is 112 Å². The fourth-order valence-electron chi connectivity index (χ4n) is 1.13. The van der Waals surface area contributed by atoms with E-state index in [0.29, 0.717) is 5.69 Å². The molecule has 0 bridgehead atoms. The second-order valence-electron chi connectivity index (χ2n) is 2.75. The van der Waals surface area contributed by atoms with E-state index in [1.54, 1.807) is 0 Å². The molecule has 0 radical (unpaired) electrons. The predicted molar refractivity (Wildman–Crippen MR) is 49.4 cm³/mol. The molecule has 7 heteroatoms. The van der Waals surface area contributed by atoms with Gasteiger partial charge in [0.05, 0.1) is 5.69 Å². The third kappa shape index (κ3) is 1.50. The smallest absolute Gasteiger partial charge is 0.341 e. The van der Waals surface area contributed by atoms with Crippen molar-refractivity contribution in [2.45, 2.75) is 0 Å². The zero-order valence-electron chi connectivity index (χ0n) is 7.39. The molecule has 0 saturated heterocycles. The van der Waals surface area contributed by atoms with Crippen LogP contribution in [0, 0.1) is 0 Å². The van der Waals surface area contributed by atoms with Gasteiger partial charge in [0.15, 0.2) is 5.69 Å². The fourth-order valence-corrected chi connectivity index (χ4v) is 1.13. The maximum Gasteiger partial charge on any atom is 0.341 e. The standard InChI is InChI=1S/C8H6N4O3/c13-7-4(8(14)15)3-10-12-6(7)5-1-2-9-11-5/h1-3H,(H,9,11)(H,10,13)(H,14,15). The van der Waals surface area contributed by atoms with Crippen LogP contribution in [0.2, 0.25) is 0 Å². The van der Waals surface area contributed by atoms with Gasteiger partial charge in [-0.3, -0.25) is 15.0 Å². The summed E-state index contributed by atoms with van der Waals surface area (Å²) in [6.45, 7) is 0. The highest BCUT2D eigenvalue weighted by molar-refractivity contribution is 5.88. The van der Waals surface area contributed by atoms with Gasteiger partial charge in [-0.05, 0) is 6.07 Å². The molecule has 0 unspecified atom stereocenters. The van der Waals surface area contributed by atoms with E-state index < -0.39 is 11.4 Å². The van der Waals surface area contributed by atoms with Crippen molar-refractivity contribution in [2.24, 2.45) is 0 Å². The summed E-state index contributed by atoms with van der Waals surface area (Å²) in [5, 5.41) is 21.0. The van der Waals surface area contributed by atoms with Crippen molar-refractivity contribution in [3.63, 3.8) is 0 Å². The second kappa shape index (κ2) is 3.37. The van der Waals surface area contributed by atoms with Gasteiger partial charge in [-0.15, -0.1) is 0 Å². The van der Waals surface area contributed by atoms with Crippen molar-refractivity contribution in [3.05, 3.63) is 34.2 Å². The Kier molecular flexibility index (Phi) is 2.05. The lowest BCUT2D eigenvalue weighted by molar-refractivity contribution is 0.0695. The molecule has 2 aromatic heterocycles. The molecular formula is C8H6N4O3. The number of nitrogens with zero attached hydrogens (tertiary/aromatic N) is 2. The van der Waals surface area contributed by atoms with Crippen LogP contribution < -0.4 is 5.43 Å². The third-order valence-electron chi connectivity index (χ3n) is 1.83. The van der Waals surface area contributed by atoms with Crippen LogP contribution in [0.4, 0.5) is 0 Å². The molecule has 0 spiro atoms. The van der Waals surface area contributed by atoms with Gasteiger partial charge in [-0.2, -0.15) is 10.2 Å². The van der Waals surface area contributed by atoms with Crippen molar-refractivity contribution in [1.29, 1.82) is 0 Å². The van der Waals surface area contributed by atoms with Gasteiger partial charge < -0.3 is 5.11 Å². The lowest BCUT2D eigenvalue weighted by atomic mass is 10.2.